The van der Waals surface area contributed by atoms with Gasteiger partial charge in [-0.25, -0.2) is 0 Å². The van der Waals surface area contributed by atoms with E-state index in [2.05, 4.69) is 53.2 Å². The topological polar surface area (TPSA) is 52.1 Å². The minimum atomic E-state index is 0. The van der Waals surface area contributed by atoms with Gasteiger partial charge in [-0.05, 0) is 26.3 Å². The number of aliphatic imine (C=N–C) groups is 1. The van der Waals surface area contributed by atoms with Gasteiger partial charge in [0.15, 0.2) is 5.96 Å². The predicted octanol–water partition coefficient (Wildman–Crippen LogP) is 1.47. The number of hydrogen-bond acceptors (Lipinski definition) is 4. The second-order valence-electron chi connectivity index (χ2n) is 6.89. The molecule has 0 aromatic carbocycles. The highest BCUT2D eigenvalue weighted by molar-refractivity contribution is 14.0. The smallest absolute Gasteiger partial charge is 0.191 e. The van der Waals surface area contributed by atoms with Crippen LogP contribution in [0.5, 0.6) is 0 Å². The molecule has 1 heterocycles. The van der Waals surface area contributed by atoms with E-state index < -0.39 is 0 Å². The van der Waals surface area contributed by atoms with E-state index in [9.17, 15) is 0 Å². The quantitative estimate of drug-likeness (QED) is 0.239. The SMILES string of the molecule is CN=C(NCCCOCC(C)C)NCC(C)N1CCN(C)CC1.I. The largest absolute Gasteiger partial charge is 0.381 e. The lowest BCUT2D eigenvalue weighted by molar-refractivity contribution is 0.108. The Hall–Kier alpha value is -0.120. The number of rotatable bonds is 9. The molecule has 1 fully saturated rings. The summed E-state index contributed by atoms with van der Waals surface area (Å²) in [5.41, 5.74) is 0. The van der Waals surface area contributed by atoms with Crippen LogP contribution in [0.15, 0.2) is 4.99 Å². The Morgan fingerprint density at radius 2 is 1.79 bits per heavy atom. The first kappa shape index (κ1) is 23.9. The third-order valence-electron chi connectivity index (χ3n) is 4.16. The van der Waals surface area contributed by atoms with Gasteiger partial charge in [-0.15, -0.1) is 24.0 Å². The van der Waals surface area contributed by atoms with Crippen LogP contribution in [0.1, 0.15) is 27.2 Å². The summed E-state index contributed by atoms with van der Waals surface area (Å²) in [6.07, 6.45) is 1.00. The fourth-order valence-corrected chi connectivity index (χ4v) is 2.56. The Morgan fingerprint density at radius 1 is 1.12 bits per heavy atom. The highest BCUT2D eigenvalue weighted by Crippen LogP contribution is 2.03. The maximum absolute atomic E-state index is 5.59. The molecule has 0 bridgehead atoms. The van der Waals surface area contributed by atoms with Crippen molar-refractivity contribution >= 4 is 29.9 Å². The maximum Gasteiger partial charge on any atom is 0.191 e. The molecule has 0 aromatic rings. The molecule has 24 heavy (non-hydrogen) atoms. The Labute approximate surface area is 165 Å². The molecular formula is C17H38IN5O. The lowest BCUT2D eigenvalue weighted by Gasteiger charge is -2.36. The first-order valence-corrected chi connectivity index (χ1v) is 8.97. The zero-order valence-corrected chi connectivity index (χ0v) is 18.5. The van der Waals surface area contributed by atoms with E-state index in [4.69, 9.17) is 4.74 Å². The highest BCUT2D eigenvalue weighted by atomic mass is 127. The molecule has 0 radical (unpaired) electrons. The van der Waals surface area contributed by atoms with Crippen molar-refractivity contribution in [3.05, 3.63) is 0 Å². The van der Waals surface area contributed by atoms with Gasteiger partial charge in [-0.3, -0.25) is 9.89 Å². The van der Waals surface area contributed by atoms with Crippen molar-refractivity contribution in [3.63, 3.8) is 0 Å². The predicted molar refractivity (Wildman–Crippen MR) is 114 cm³/mol. The Kier molecular flexibility index (Phi) is 14.0. The number of piperazine rings is 1. The van der Waals surface area contributed by atoms with E-state index in [0.717, 1.165) is 64.9 Å². The van der Waals surface area contributed by atoms with Crippen LogP contribution in [-0.2, 0) is 4.74 Å². The van der Waals surface area contributed by atoms with Crippen LogP contribution in [0.25, 0.3) is 0 Å². The molecule has 0 amide bonds. The van der Waals surface area contributed by atoms with E-state index in [0.29, 0.717) is 12.0 Å². The lowest BCUT2D eigenvalue weighted by atomic mass is 10.2. The van der Waals surface area contributed by atoms with Crippen molar-refractivity contribution < 1.29 is 4.74 Å². The van der Waals surface area contributed by atoms with Crippen molar-refractivity contribution in [2.75, 3.05) is 66.6 Å². The third kappa shape index (κ3) is 10.7. The van der Waals surface area contributed by atoms with Gasteiger partial charge in [-0.1, -0.05) is 13.8 Å². The average Bonchev–Trinajstić information content (AvgIpc) is 2.53. The molecule has 144 valence electrons. The first-order valence-electron chi connectivity index (χ1n) is 8.97. The highest BCUT2D eigenvalue weighted by Gasteiger charge is 2.18. The van der Waals surface area contributed by atoms with Gasteiger partial charge in [0.2, 0.25) is 0 Å². The molecule has 1 aliphatic heterocycles. The molecule has 1 unspecified atom stereocenters. The van der Waals surface area contributed by atoms with Crippen molar-refractivity contribution in [1.29, 1.82) is 0 Å². The van der Waals surface area contributed by atoms with Gasteiger partial charge in [-0.2, -0.15) is 0 Å². The molecule has 1 atom stereocenters. The number of nitrogens with zero attached hydrogens (tertiary/aromatic N) is 3. The molecule has 0 aliphatic carbocycles. The van der Waals surface area contributed by atoms with Gasteiger partial charge in [0, 0.05) is 65.6 Å². The van der Waals surface area contributed by atoms with E-state index in [-0.39, 0.29) is 24.0 Å². The van der Waals surface area contributed by atoms with Crippen molar-refractivity contribution in [3.8, 4) is 0 Å². The fourth-order valence-electron chi connectivity index (χ4n) is 2.56. The van der Waals surface area contributed by atoms with Gasteiger partial charge in [0.25, 0.3) is 0 Å². The summed E-state index contributed by atoms with van der Waals surface area (Å²) >= 11 is 0. The standard InChI is InChI=1S/C17H37N5O.HI/c1-15(2)14-23-12-6-7-19-17(18-4)20-13-16(3)22-10-8-21(5)9-11-22;/h15-16H,6-14H2,1-5H3,(H2,18,19,20);1H. The maximum atomic E-state index is 5.59. The van der Waals surface area contributed by atoms with Crippen LogP contribution in [0.3, 0.4) is 0 Å². The number of ether oxygens (including phenoxy) is 1. The molecule has 7 heteroatoms. The average molecular weight is 455 g/mol. The molecule has 0 spiro atoms. The number of halogens is 1. The van der Waals surface area contributed by atoms with Crippen LogP contribution in [0.4, 0.5) is 0 Å². The summed E-state index contributed by atoms with van der Waals surface area (Å²) in [6.45, 7) is 14.7. The van der Waals surface area contributed by atoms with Crippen LogP contribution >= 0.6 is 24.0 Å². The Balaban J connectivity index is 0.00000529. The molecule has 2 N–H and O–H groups in total. The first-order chi connectivity index (χ1) is 11.0. The lowest BCUT2D eigenvalue weighted by Crippen LogP contribution is -2.52. The molecular weight excluding hydrogens is 417 g/mol. The van der Waals surface area contributed by atoms with Gasteiger partial charge in [0.05, 0.1) is 0 Å². The van der Waals surface area contributed by atoms with E-state index in [1.807, 2.05) is 7.05 Å². The Morgan fingerprint density at radius 3 is 2.38 bits per heavy atom. The van der Waals surface area contributed by atoms with Crippen LogP contribution < -0.4 is 10.6 Å². The number of guanidine groups is 1. The molecule has 0 saturated carbocycles. The fraction of sp³-hybridized carbons (Fsp3) is 0.941. The van der Waals surface area contributed by atoms with Crippen LogP contribution in [0.2, 0.25) is 0 Å². The number of nitrogens with one attached hydrogen (secondary N) is 2. The summed E-state index contributed by atoms with van der Waals surface area (Å²) in [5, 5.41) is 6.78. The van der Waals surface area contributed by atoms with Gasteiger partial charge < -0.3 is 20.3 Å². The molecule has 1 aliphatic rings. The minimum absolute atomic E-state index is 0. The van der Waals surface area contributed by atoms with Crippen molar-refractivity contribution in [1.82, 2.24) is 20.4 Å². The second-order valence-corrected chi connectivity index (χ2v) is 6.89. The zero-order chi connectivity index (χ0) is 17.1. The van der Waals surface area contributed by atoms with Crippen LogP contribution in [-0.4, -0.2) is 88.4 Å². The number of likely N-dealkylation sites (N-methyl/N-ethyl adjacent to an activating group) is 1. The summed E-state index contributed by atoms with van der Waals surface area (Å²) in [7, 11) is 4.02. The molecule has 6 nitrogen and oxygen atoms in total. The van der Waals surface area contributed by atoms with E-state index >= 15 is 0 Å². The normalized spacial score (nSPS) is 18.3. The van der Waals surface area contributed by atoms with Crippen molar-refractivity contribution in [2.24, 2.45) is 10.9 Å². The van der Waals surface area contributed by atoms with Crippen molar-refractivity contribution in [2.45, 2.75) is 33.2 Å². The van der Waals surface area contributed by atoms with Gasteiger partial charge >= 0.3 is 0 Å². The summed E-state index contributed by atoms with van der Waals surface area (Å²) in [6, 6.07) is 0.525. The number of hydrogen-bond donors (Lipinski definition) is 2. The third-order valence-corrected chi connectivity index (χ3v) is 4.16. The molecule has 1 rings (SSSR count). The second kappa shape index (κ2) is 14.1. The van der Waals surface area contributed by atoms with Crippen LogP contribution in [0, 0.1) is 5.92 Å². The summed E-state index contributed by atoms with van der Waals surface area (Å²) < 4.78 is 5.59. The monoisotopic (exact) mass is 455 g/mol. The molecule has 1 saturated heterocycles. The summed E-state index contributed by atoms with van der Waals surface area (Å²) in [4.78, 5) is 9.22. The van der Waals surface area contributed by atoms with Gasteiger partial charge in [0.1, 0.15) is 0 Å². The molecule has 0 aromatic heterocycles. The van der Waals surface area contributed by atoms with E-state index in [1.54, 1.807) is 0 Å². The zero-order valence-electron chi connectivity index (χ0n) is 16.2. The minimum Gasteiger partial charge on any atom is -0.381 e. The summed E-state index contributed by atoms with van der Waals surface area (Å²) in [5.74, 6) is 1.49. The van der Waals surface area contributed by atoms with E-state index in [1.165, 1.54) is 0 Å². The Bertz CT molecular complexity index is 333.